The van der Waals surface area contributed by atoms with Gasteiger partial charge in [0.05, 0.1) is 11.4 Å². The van der Waals surface area contributed by atoms with Crippen LogP contribution in [-0.4, -0.2) is 18.6 Å². The summed E-state index contributed by atoms with van der Waals surface area (Å²) >= 11 is 0. The van der Waals surface area contributed by atoms with Crippen LogP contribution in [0.2, 0.25) is 0 Å². The minimum atomic E-state index is -3.65. The van der Waals surface area contributed by atoms with E-state index >= 15 is 0 Å². The van der Waals surface area contributed by atoms with Gasteiger partial charge in [-0.25, -0.2) is 13.1 Å². The zero-order chi connectivity index (χ0) is 15.5. The normalized spacial score (nSPS) is 13.3. The number of hydrogen-bond acceptors (Lipinski definition) is 6. The first-order chi connectivity index (χ1) is 9.92. The lowest BCUT2D eigenvalue weighted by Crippen LogP contribution is -2.23. The Morgan fingerprint density at radius 2 is 2.19 bits per heavy atom. The summed E-state index contributed by atoms with van der Waals surface area (Å²) in [5.74, 6) is 0.678. The van der Waals surface area contributed by atoms with Gasteiger partial charge in [-0.15, -0.1) is 0 Å². The standard InChI is InChI=1S/C13H18N4O3S/c1-3-12(14)10-5-4-6-11(7-10)21(18,19)15-8-13-16-9(2)17-20-13/h4-7,12,15H,3,8,14H2,1-2H3. The van der Waals surface area contributed by atoms with Crippen LogP contribution in [0, 0.1) is 6.92 Å². The molecule has 21 heavy (non-hydrogen) atoms. The van der Waals surface area contributed by atoms with Gasteiger partial charge in [0.25, 0.3) is 0 Å². The molecule has 2 rings (SSSR count). The van der Waals surface area contributed by atoms with Crippen molar-refractivity contribution in [3.8, 4) is 0 Å². The van der Waals surface area contributed by atoms with Crippen molar-refractivity contribution in [2.45, 2.75) is 37.8 Å². The van der Waals surface area contributed by atoms with Crippen LogP contribution in [0.3, 0.4) is 0 Å². The highest BCUT2D eigenvalue weighted by Crippen LogP contribution is 2.18. The van der Waals surface area contributed by atoms with Crippen molar-refractivity contribution in [2.24, 2.45) is 5.73 Å². The van der Waals surface area contributed by atoms with Crippen LogP contribution in [0.15, 0.2) is 33.7 Å². The summed E-state index contributed by atoms with van der Waals surface area (Å²) in [6.07, 6.45) is 0.734. The lowest BCUT2D eigenvalue weighted by molar-refractivity contribution is 0.372. The average molecular weight is 310 g/mol. The van der Waals surface area contributed by atoms with Gasteiger partial charge >= 0.3 is 0 Å². The van der Waals surface area contributed by atoms with E-state index in [4.69, 9.17) is 10.3 Å². The third-order valence-corrected chi connectivity index (χ3v) is 4.42. The van der Waals surface area contributed by atoms with E-state index in [-0.39, 0.29) is 23.4 Å². The predicted molar refractivity (Wildman–Crippen MR) is 76.7 cm³/mol. The van der Waals surface area contributed by atoms with Gasteiger partial charge in [0.1, 0.15) is 0 Å². The lowest BCUT2D eigenvalue weighted by atomic mass is 10.1. The molecular formula is C13H18N4O3S. The summed E-state index contributed by atoms with van der Waals surface area (Å²) in [6, 6.07) is 6.41. The Labute approximate surface area is 123 Å². The smallest absolute Gasteiger partial charge is 0.241 e. The van der Waals surface area contributed by atoms with Crippen LogP contribution in [-0.2, 0) is 16.6 Å². The maximum absolute atomic E-state index is 12.2. The topological polar surface area (TPSA) is 111 Å². The highest BCUT2D eigenvalue weighted by molar-refractivity contribution is 7.89. The summed E-state index contributed by atoms with van der Waals surface area (Å²) in [4.78, 5) is 4.11. The molecule has 0 fully saturated rings. The van der Waals surface area contributed by atoms with E-state index in [0.29, 0.717) is 5.82 Å². The molecule has 1 aromatic carbocycles. The number of nitrogens with two attached hydrogens (primary N) is 1. The molecule has 0 bridgehead atoms. The molecule has 0 spiro atoms. The van der Waals surface area contributed by atoms with Crippen molar-refractivity contribution >= 4 is 10.0 Å². The minimum Gasteiger partial charge on any atom is -0.338 e. The second kappa shape index (κ2) is 6.33. The molecule has 0 radical (unpaired) electrons. The summed E-state index contributed by atoms with van der Waals surface area (Å²) < 4.78 is 31.8. The summed E-state index contributed by atoms with van der Waals surface area (Å²) in [5.41, 5.74) is 6.71. The molecule has 0 aliphatic heterocycles. The number of nitrogens with zero attached hydrogens (tertiary/aromatic N) is 2. The number of sulfonamides is 1. The van der Waals surface area contributed by atoms with E-state index in [0.717, 1.165) is 12.0 Å². The molecule has 0 aliphatic rings. The molecule has 8 heteroatoms. The van der Waals surface area contributed by atoms with Gasteiger partial charge in [0.15, 0.2) is 5.82 Å². The molecule has 1 aromatic heterocycles. The van der Waals surface area contributed by atoms with Crippen LogP contribution in [0.5, 0.6) is 0 Å². The van der Waals surface area contributed by atoms with Gasteiger partial charge in [-0.3, -0.25) is 0 Å². The average Bonchev–Trinajstić information content (AvgIpc) is 2.90. The predicted octanol–water partition coefficient (Wildman–Crippen LogP) is 1.27. The lowest BCUT2D eigenvalue weighted by Gasteiger charge is -2.11. The SMILES string of the molecule is CCC(N)c1cccc(S(=O)(=O)NCc2nc(C)no2)c1. The Hall–Kier alpha value is -1.77. The number of rotatable bonds is 6. The van der Waals surface area contributed by atoms with Crippen molar-refractivity contribution in [1.82, 2.24) is 14.9 Å². The molecule has 2 aromatic rings. The Balaban J connectivity index is 2.15. The zero-order valence-electron chi connectivity index (χ0n) is 11.9. The molecule has 0 amide bonds. The second-order valence-corrected chi connectivity index (χ2v) is 6.41. The fourth-order valence-electron chi connectivity index (χ4n) is 1.80. The van der Waals surface area contributed by atoms with Crippen LogP contribution in [0.1, 0.15) is 36.7 Å². The van der Waals surface area contributed by atoms with Crippen LogP contribution in [0.25, 0.3) is 0 Å². The maximum atomic E-state index is 12.2. The van der Waals surface area contributed by atoms with Gasteiger partial charge in [-0.1, -0.05) is 24.2 Å². The second-order valence-electron chi connectivity index (χ2n) is 4.65. The van der Waals surface area contributed by atoms with Crippen molar-refractivity contribution < 1.29 is 12.9 Å². The van der Waals surface area contributed by atoms with Crippen molar-refractivity contribution in [3.63, 3.8) is 0 Å². The van der Waals surface area contributed by atoms with E-state index in [1.165, 1.54) is 6.07 Å². The quantitative estimate of drug-likeness (QED) is 0.831. The largest absolute Gasteiger partial charge is 0.338 e. The Morgan fingerprint density at radius 1 is 1.43 bits per heavy atom. The zero-order valence-corrected chi connectivity index (χ0v) is 12.7. The highest BCUT2D eigenvalue weighted by atomic mass is 32.2. The first-order valence-electron chi connectivity index (χ1n) is 6.56. The van der Waals surface area contributed by atoms with Gasteiger partial charge in [0, 0.05) is 6.04 Å². The van der Waals surface area contributed by atoms with E-state index in [9.17, 15) is 8.42 Å². The van der Waals surface area contributed by atoms with Gasteiger partial charge in [-0.2, -0.15) is 4.98 Å². The summed E-state index contributed by atoms with van der Waals surface area (Å²) in [6.45, 7) is 3.56. The molecule has 7 nitrogen and oxygen atoms in total. The van der Waals surface area contributed by atoms with Crippen molar-refractivity contribution in [3.05, 3.63) is 41.5 Å². The number of aromatic nitrogens is 2. The molecule has 0 saturated heterocycles. The van der Waals surface area contributed by atoms with Crippen LogP contribution >= 0.6 is 0 Å². The molecule has 0 aliphatic carbocycles. The van der Waals surface area contributed by atoms with Gasteiger partial charge < -0.3 is 10.3 Å². The summed E-state index contributed by atoms with van der Waals surface area (Å²) in [7, 11) is -3.65. The Bertz CT molecular complexity index is 712. The Kier molecular flexibility index (Phi) is 4.71. The molecule has 1 atom stereocenters. The molecule has 3 N–H and O–H groups in total. The molecule has 0 saturated carbocycles. The minimum absolute atomic E-state index is 0.0484. The van der Waals surface area contributed by atoms with E-state index in [1.54, 1.807) is 19.1 Å². The number of aryl methyl sites for hydroxylation is 1. The fraction of sp³-hybridized carbons (Fsp3) is 0.385. The molecule has 1 unspecified atom stereocenters. The van der Waals surface area contributed by atoms with Crippen molar-refractivity contribution in [1.29, 1.82) is 0 Å². The number of hydrogen-bond donors (Lipinski definition) is 2. The first-order valence-corrected chi connectivity index (χ1v) is 8.05. The van der Waals surface area contributed by atoms with E-state index in [1.807, 2.05) is 13.0 Å². The highest BCUT2D eigenvalue weighted by Gasteiger charge is 2.17. The fourth-order valence-corrected chi connectivity index (χ4v) is 2.83. The molecule has 114 valence electrons. The third-order valence-electron chi connectivity index (χ3n) is 3.02. The Morgan fingerprint density at radius 3 is 2.81 bits per heavy atom. The van der Waals surface area contributed by atoms with Crippen LogP contribution < -0.4 is 10.5 Å². The van der Waals surface area contributed by atoms with Gasteiger partial charge in [-0.05, 0) is 31.0 Å². The number of nitrogens with one attached hydrogen (secondary N) is 1. The van der Waals surface area contributed by atoms with Crippen molar-refractivity contribution in [2.75, 3.05) is 0 Å². The van der Waals surface area contributed by atoms with E-state index < -0.39 is 10.0 Å². The van der Waals surface area contributed by atoms with Gasteiger partial charge in [0.2, 0.25) is 15.9 Å². The molecular weight excluding hydrogens is 292 g/mol. The monoisotopic (exact) mass is 310 g/mol. The maximum Gasteiger partial charge on any atom is 0.241 e. The summed E-state index contributed by atoms with van der Waals surface area (Å²) in [5, 5.41) is 3.60. The van der Waals surface area contributed by atoms with E-state index in [2.05, 4.69) is 14.9 Å². The first kappa shape index (κ1) is 15.6. The number of benzene rings is 1. The molecule has 1 heterocycles. The van der Waals surface area contributed by atoms with Crippen LogP contribution in [0.4, 0.5) is 0 Å². The third kappa shape index (κ3) is 3.87.